The summed E-state index contributed by atoms with van der Waals surface area (Å²) in [6, 6.07) is 0. The zero-order chi connectivity index (χ0) is 14.2. The molecule has 0 radical (unpaired) electrons. The van der Waals surface area contributed by atoms with Crippen LogP contribution < -0.4 is 0 Å². The zero-order valence-corrected chi connectivity index (χ0v) is 7.97. The third-order valence-corrected chi connectivity index (χ3v) is 2.19. The van der Waals surface area contributed by atoms with E-state index in [4.69, 9.17) is 0 Å². The van der Waals surface area contributed by atoms with Gasteiger partial charge in [-0.25, -0.2) is 0 Å². The first-order chi connectivity index (χ1) is 7.26. The number of alkyl halides is 4. The molecule has 0 spiro atoms. The smallest absolute Gasteiger partial charge is 0.284 e. The molecule has 0 aliphatic heterocycles. The van der Waals surface area contributed by atoms with E-state index >= 15 is 0 Å². The average Bonchev–Trinajstić information content (AvgIpc) is 2.13. The summed E-state index contributed by atoms with van der Waals surface area (Å²) in [6.45, 7) is 0. The van der Waals surface area contributed by atoms with E-state index in [1.165, 1.54) is 0 Å². The second kappa shape index (κ2) is 4.23. The summed E-state index contributed by atoms with van der Waals surface area (Å²) in [7, 11) is -7.30. The van der Waals surface area contributed by atoms with E-state index in [9.17, 15) is 47.8 Å². The summed E-state index contributed by atoms with van der Waals surface area (Å²) < 4.78 is 115. The van der Waals surface area contributed by atoms with Crippen molar-refractivity contribution in [1.29, 1.82) is 0 Å². The van der Waals surface area contributed by atoms with E-state index in [2.05, 4.69) is 0 Å². The number of hydrogen-bond donors (Lipinski definition) is 0. The van der Waals surface area contributed by atoms with Crippen LogP contribution in [0, 0.1) is 0 Å². The van der Waals surface area contributed by atoms with Crippen LogP contribution in [0.25, 0.3) is 0 Å². The van der Waals surface area contributed by atoms with Gasteiger partial charge in [0.1, 0.15) is 0 Å². The van der Waals surface area contributed by atoms with Crippen molar-refractivity contribution in [2.45, 2.75) is 11.2 Å². The van der Waals surface area contributed by atoms with Gasteiger partial charge in [-0.3, -0.25) is 4.79 Å². The van der Waals surface area contributed by atoms with Crippen molar-refractivity contribution >= 4 is 16.0 Å². The fourth-order valence-electron chi connectivity index (χ4n) is 0.509. The lowest BCUT2D eigenvalue weighted by molar-refractivity contribution is -0.177. The highest BCUT2D eigenvalue weighted by Crippen LogP contribution is 2.42. The lowest BCUT2D eigenvalue weighted by Gasteiger charge is -2.20. The van der Waals surface area contributed by atoms with Gasteiger partial charge in [0, 0.05) is 0 Å². The second-order valence-corrected chi connectivity index (χ2v) is 3.82. The summed E-state index contributed by atoms with van der Waals surface area (Å²) in [6.07, 6.45) is -3.68. The number of hydrogen-bond acceptors (Lipinski definition) is 3. The molecule has 0 saturated heterocycles. The normalized spacial score (nSPS) is 13.4. The number of halogens is 8. The van der Waals surface area contributed by atoms with E-state index < -0.39 is 39.1 Å². The Morgan fingerprint density at radius 2 is 1.29 bits per heavy atom. The van der Waals surface area contributed by atoms with Gasteiger partial charge in [-0.2, -0.15) is 39.2 Å². The molecule has 0 heterocycles. The van der Waals surface area contributed by atoms with Crippen LogP contribution in [-0.4, -0.2) is 25.4 Å². The number of rotatable bonds is 4. The average molecular weight is 292 g/mol. The summed E-state index contributed by atoms with van der Waals surface area (Å²) in [5.74, 6) is -13.9. The molecule has 3 nitrogen and oxygen atoms in total. The predicted molar refractivity (Wildman–Crippen MR) is 35.3 cm³/mol. The minimum atomic E-state index is -7.30. The largest absolute Gasteiger partial charge is 0.444 e. The van der Waals surface area contributed by atoms with Crippen molar-refractivity contribution < 1.29 is 47.8 Å². The van der Waals surface area contributed by atoms with Gasteiger partial charge in [-0.15, -0.1) is 0 Å². The quantitative estimate of drug-likeness (QED) is 0.453. The number of carbonyl (C=O) groups is 1. The van der Waals surface area contributed by atoms with Crippen molar-refractivity contribution in [1.82, 2.24) is 0 Å². The fourth-order valence-corrected chi connectivity index (χ4v) is 0.908. The Balaban J connectivity index is 5.76. The third-order valence-electron chi connectivity index (χ3n) is 1.32. The van der Waals surface area contributed by atoms with Gasteiger partial charge in [-0.05, 0) is 0 Å². The van der Waals surface area contributed by atoms with Crippen LogP contribution >= 0.6 is 0 Å². The molecule has 100 valence electrons. The summed E-state index contributed by atoms with van der Waals surface area (Å²) >= 11 is 0. The molecule has 0 fully saturated rings. The van der Waals surface area contributed by atoms with Crippen molar-refractivity contribution in [3.8, 4) is 0 Å². The molecule has 0 aromatic rings. The van der Waals surface area contributed by atoms with Gasteiger partial charge in [0.2, 0.25) is 5.83 Å². The lowest BCUT2D eigenvalue weighted by atomic mass is 10.2. The molecule has 0 aliphatic carbocycles. The number of carbonyl (C=O) groups excluding carboxylic acids is 1. The van der Waals surface area contributed by atoms with Crippen molar-refractivity contribution in [3.05, 3.63) is 11.9 Å². The van der Waals surface area contributed by atoms with Crippen LogP contribution in [0.1, 0.15) is 0 Å². The molecule has 0 atom stereocenters. The number of allylic oxidation sites excluding steroid dienone is 1. The van der Waals surface area contributed by atoms with Gasteiger partial charge in [-0.1, -0.05) is 3.89 Å². The predicted octanol–water partition coefficient (Wildman–Crippen LogP) is 2.16. The molecule has 0 saturated carbocycles. The fraction of sp³-hybridized carbons (Fsp3) is 0.400. The molecule has 0 bridgehead atoms. The molecule has 17 heavy (non-hydrogen) atoms. The summed E-state index contributed by atoms with van der Waals surface area (Å²) in [5, 5.41) is -6.66. The minimum Gasteiger partial charge on any atom is -0.284 e. The molecule has 0 aliphatic rings. The van der Waals surface area contributed by atoms with Crippen LogP contribution in [0.15, 0.2) is 11.9 Å². The van der Waals surface area contributed by atoms with Crippen molar-refractivity contribution in [2.24, 2.45) is 0 Å². The molecular formula is C5F8O3S. The Bertz CT molecular complexity index is 460. The molecule has 0 amide bonds. The van der Waals surface area contributed by atoms with E-state index in [1.54, 1.807) is 0 Å². The second-order valence-electron chi connectivity index (χ2n) is 2.43. The lowest BCUT2D eigenvalue weighted by Crippen LogP contribution is -2.51. The summed E-state index contributed by atoms with van der Waals surface area (Å²) in [4.78, 5) is 10.1. The standard InChI is InChI=1S/C5F8O3S/c6-1(3(7)8)2(14)4(9,10)5(11,12)17(13,15)16. The minimum absolute atomic E-state index is 3.58. The molecule has 0 N–H and O–H groups in total. The SMILES string of the molecule is O=C(C(F)=C(F)F)C(F)(F)C(F)(F)S(=O)(=O)F. The van der Waals surface area contributed by atoms with Crippen LogP contribution in [0.3, 0.4) is 0 Å². The Hall–Kier alpha value is -1.20. The Labute approximate surface area is 87.9 Å². The Morgan fingerprint density at radius 1 is 0.941 bits per heavy atom. The molecule has 0 aromatic carbocycles. The number of ketones is 1. The first-order valence-corrected chi connectivity index (χ1v) is 4.60. The van der Waals surface area contributed by atoms with E-state index in [0.29, 0.717) is 0 Å². The van der Waals surface area contributed by atoms with Gasteiger partial charge < -0.3 is 0 Å². The van der Waals surface area contributed by atoms with Gasteiger partial charge >= 0.3 is 27.5 Å². The maximum absolute atomic E-state index is 12.4. The highest BCUT2D eigenvalue weighted by Gasteiger charge is 2.71. The van der Waals surface area contributed by atoms with Gasteiger partial charge in [0.05, 0.1) is 0 Å². The number of Topliss-reactive ketones (excluding diaryl/α,β-unsaturated/α-hetero) is 1. The summed E-state index contributed by atoms with van der Waals surface area (Å²) in [5.41, 5.74) is 0. The van der Waals surface area contributed by atoms with Gasteiger partial charge in [0.15, 0.2) is 0 Å². The van der Waals surface area contributed by atoms with Crippen LogP contribution in [0.4, 0.5) is 34.6 Å². The highest BCUT2D eigenvalue weighted by atomic mass is 32.3. The molecular weight excluding hydrogens is 292 g/mol. The maximum atomic E-state index is 12.4. The van der Waals surface area contributed by atoms with E-state index in [0.717, 1.165) is 0 Å². The van der Waals surface area contributed by atoms with E-state index in [1.807, 2.05) is 0 Å². The third kappa shape index (κ3) is 2.56. The Kier molecular flexibility index (Phi) is 3.94. The highest BCUT2D eigenvalue weighted by molar-refractivity contribution is 7.87. The molecule has 0 rings (SSSR count). The Morgan fingerprint density at radius 3 is 1.53 bits per heavy atom. The van der Waals surface area contributed by atoms with Crippen LogP contribution in [-0.2, 0) is 15.0 Å². The maximum Gasteiger partial charge on any atom is 0.444 e. The first kappa shape index (κ1) is 15.8. The van der Waals surface area contributed by atoms with Gasteiger partial charge in [0.25, 0.3) is 5.78 Å². The topological polar surface area (TPSA) is 51.2 Å². The monoisotopic (exact) mass is 292 g/mol. The zero-order valence-electron chi connectivity index (χ0n) is 7.16. The van der Waals surface area contributed by atoms with E-state index in [-0.39, 0.29) is 0 Å². The first-order valence-electron chi connectivity index (χ1n) is 3.22. The van der Waals surface area contributed by atoms with Crippen molar-refractivity contribution in [2.75, 3.05) is 0 Å². The van der Waals surface area contributed by atoms with Crippen molar-refractivity contribution in [3.63, 3.8) is 0 Å². The molecule has 0 unspecified atom stereocenters. The molecule has 0 aromatic heterocycles. The van der Waals surface area contributed by atoms with Crippen LogP contribution in [0.5, 0.6) is 0 Å². The molecule has 12 heteroatoms. The van der Waals surface area contributed by atoms with Crippen LogP contribution in [0.2, 0.25) is 0 Å².